The highest BCUT2D eigenvalue weighted by Gasteiger charge is 2.35. The lowest BCUT2D eigenvalue weighted by Gasteiger charge is -2.35. The lowest BCUT2D eigenvalue weighted by molar-refractivity contribution is 0.205. The van der Waals surface area contributed by atoms with E-state index in [1.165, 1.54) is 17.0 Å². The molecular weight excluding hydrogens is 439 g/mol. The van der Waals surface area contributed by atoms with Crippen molar-refractivity contribution >= 4 is 22.9 Å². The van der Waals surface area contributed by atoms with Gasteiger partial charge in [-0.25, -0.2) is 9.18 Å². The number of hydrogen-bond donors (Lipinski definition) is 1. The zero-order valence-electron chi connectivity index (χ0n) is 17.9. The average molecular weight is 461 g/mol. The zero-order chi connectivity index (χ0) is 22.8. The highest BCUT2D eigenvalue weighted by Crippen LogP contribution is 2.37. The minimum Gasteiger partial charge on any atom is -0.334 e. The van der Waals surface area contributed by atoms with Gasteiger partial charge in [-0.05, 0) is 42.5 Å². The second-order valence-electron chi connectivity index (χ2n) is 7.71. The third-order valence-corrected chi connectivity index (χ3v) is 6.57. The Morgan fingerprint density at radius 2 is 1.97 bits per heavy atom. The summed E-state index contributed by atoms with van der Waals surface area (Å²) in [6.07, 6.45) is 0.740. The lowest BCUT2D eigenvalue weighted by atomic mass is 9.94. The molecule has 1 atom stereocenters. The lowest BCUT2D eigenvalue weighted by Crippen LogP contribution is -2.46. The molecule has 0 radical (unpaired) electrons. The molecule has 0 bridgehead atoms. The van der Waals surface area contributed by atoms with E-state index in [1.807, 2.05) is 48.7 Å². The molecule has 0 fully saturated rings. The number of thiophene rings is 1. The molecule has 5 rings (SSSR count). The second-order valence-corrected chi connectivity index (χ2v) is 8.74. The first kappa shape index (κ1) is 21.1. The first-order valence-corrected chi connectivity index (χ1v) is 11.4. The summed E-state index contributed by atoms with van der Waals surface area (Å²) in [6, 6.07) is 19.2. The number of rotatable bonds is 6. The van der Waals surface area contributed by atoms with Crippen LogP contribution in [0.2, 0.25) is 0 Å². The van der Waals surface area contributed by atoms with Gasteiger partial charge in [0.15, 0.2) is 0 Å². The molecule has 1 aliphatic heterocycles. The Kier molecular flexibility index (Phi) is 5.75. The first-order chi connectivity index (χ1) is 16.1. The number of halogens is 1. The second kappa shape index (κ2) is 8.99. The van der Waals surface area contributed by atoms with Crippen molar-refractivity contribution in [3.63, 3.8) is 0 Å². The Hall–Kier alpha value is -3.78. The SMILES string of the molecule is CC1=C(c2nc(-c3cccc(F)c3)no2)C(c2ccccc2)NC(=O)N1CCc1cccs1. The van der Waals surface area contributed by atoms with Gasteiger partial charge < -0.3 is 9.84 Å². The predicted octanol–water partition coefficient (Wildman–Crippen LogP) is 5.68. The van der Waals surface area contributed by atoms with E-state index >= 15 is 0 Å². The number of amides is 2. The molecular formula is C25H21FN4O2S. The molecule has 1 unspecified atom stereocenters. The summed E-state index contributed by atoms with van der Waals surface area (Å²) in [7, 11) is 0. The van der Waals surface area contributed by atoms with E-state index < -0.39 is 6.04 Å². The number of aromatic nitrogens is 2. The molecule has 1 N–H and O–H groups in total. The molecule has 2 aromatic heterocycles. The van der Waals surface area contributed by atoms with Crippen molar-refractivity contribution in [3.05, 3.63) is 100.0 Å². The summed E-state index contributed by atoms with van der Waals surface area (Å²) >= 11 is 1.66. The molecule has 6 nitrogen and oxygen atoms in total. The summed E-state index contributed by atoms with van der Waals surface area (Å²) in [6.45, 7) is 2.42. The number of nitrogens with one attached hydrogen (secondary N) is 1. The normalized spacial score (nSPS) is 16.2. The van der Waals surface area contributed by atoms with Crippen molar-refractivity contribution in [2.45, 2.75) is 19.4 Å². The smallest absolute Gasteiger partial charge is 0.322 e. The van der Waals surface area contributed by atoms with Gasteiger partial charge in [-0.2, -0.15) is 4.98 Å². The molecule has 33 heavy (non-hydrogen) atoms. The predicted molar refractivity (Wildman–Crippen MR) is 125 cm³/mol. The van der Waals surface area contributed by atoms with Crippen molar-refractivity contribution in [2.75, 3.05) is 6.54 Å². The third-order valence-electron chi connectivity index (χ3n) is 5.63. The van der Waals surface area contributed by atoms with Crippen LogP contribution in [0.3, 0.4) is 0 Å². The number of nitrogens with zero attached hydrogens (tertiary/aromatic N) is 3. The van der Waals surface area contributed by atoms with Gasteiger partial charge in [-0.15, -0.1) is 11.3 Å². The number of hydrogen-bond acceptors (Lipinski definition) is 5. The van der Waals surface area contributed by atoms with Crippen LogP contribution in [0.5, 0.6) is 0 Å². The standard InChI is InChI=1S/C25H21FN4O2S/c1-16-21(24-28-23(29-32-24)18-9-5-10-19(26)15-18)22(17-7-3-2-4-8-17)27-25(31)30(16)13-12-20-11-6-14-33-20/h2-11,14-15,22H,12-13H2,1H3,(H,27,31). The highest BCUT2D eigenvalue weighted by molar-refractivity contribution is 7.09. The molecule has 4 aromatic rings. The Balaban J connectivity index is 1.55. The van der Waals surface area contributed by atoms with Crippen molar-refractivity contribution in [2.24, 2.45) is 0 Å². The fraction of sp³-hybridized carbons (Fsp3) is 0.160. The van der Waals surface area contributed by atoms with Crippen LogP contribution in [0.25, 0.3) is 17.0 Å². The highest BCUT2D eigenvalue weighted by atomic mass is 32.1. The van der Waals surface area contributed by atoms with Crippen LogP contribution in [-0.2, 0) is 6.42 Å². The minimum absolute atomic E-state index is 0.175. The Labute approximate surface area is 194 Å². The fourth-order valence-corrected chi connectivity index (χ4v) is 4.68. The maximum Gasteiger partial charge on any atom is 0.322 e. The monoisotopic (exact) mass is 460 g/mol. The van der Waals surface area contributed by atoms with Crippen molar-refractivity contribution in [1.82, 2.24) is 20.4 Å². The number of carbonyl (C=O) groups excluding carboxylic acids is 1. The van der Waals surface area contributed by atoms with Gasteiger partial charge in [0, 0.05) is 22.7 Å². The van der Waals surface area contributed by atoms with Gasteiger partial charge >= 0.3 is 6.03 Å². The van der Waals surface area contributed by atoms with Crippen molar-refractivity contribution in [1.29, 1.82) is 0 Å². The van der Waals surface area contributed by atoms with E-state index in [1.54, 1.807) is 28.4 Å². The maximum atomic E-state index is 13.7. The molecule has 0 saturated carbocycles. The number of carbonyl (C=O) groups is 1. The minimum atomic E-state index is -0.447. The van der Waals surface area contributed by atoms with Crippen LogP contribution in [0.4, 0.5) is 9.18 Å². The van der Waals surface area contributed by atoms with E-state index in [-0.39, 0.29) is 11.8 Å². The van der Waals surface area contributed by atoms with E-state index in [9.17, 15) is 9.18 Å². The zero-order valence-corrected chi connectivity index (χ0v) is 18.7. The number of urea groups is 1. The molecule has 3 heterocycles. The van der Waals surface area contributed by atoms with E-state index in [0.717, 1.165) is 23.3 Å². The van der Waals surface area contributed by atoms with Gasteiger partial charge in [0.05, 0.1) is 11.6 Å². The van der Waals surface area contributed by atoms with E-state index in [2.05, 4.69) is 21.5 Å². The molecule has 166 valence electrons. The van der Waals surface area contributed by atoms with Gasteiger partial charge in [-0.3, -0.25) is 4.90 Å². The van der Waals surface area contributed by atoms with Gasteiger partial charge in [-0.1, -0.05) is 53.7 Å². The summed E-state index contributed by atoms with van der Waals surface area (Å²) in [5.74, 6) is 0.210. The van der Waals surface area contributed by atoms with Crippen LogP contribution in [0.1, 0.15) is 29.3 Å². The summed E-state index contributed by atoms with van der Waals surface area (Å²) in [4.78, 5) is 20.5. The largest absolute Gasteiger partial charge is 0.334 e. The molecule has 0 saturated heterocycles. The summed E-state index contributed by atoms with van der Waals surface area (Å²) in [5, 5.41) is 9.20. The maximum absolute atomic E-state index is 13.7. The number of benzene rings is 2. The molecule has 2 aromatic carbocycles. The third kappa shape index (κ3) is 4.29. The van der Waals surface area contributed by atoms with Gasteiger partial charge in [0.25, 0.3) is 5.89 Å². The molecule has 0 aliphatic carbocycles. The Morgan fingerprint density at radius 1 is 1.12 bits per heavy atom. The first-order valence-electron chi connectivity index (χ1n) is 10.6. The van der Waals surface area contributed by atoms with Crippen LogP contribution in [-0.4, -0.2) is 27.6 Å². The van der Waals surface area contributed by atoms with Crippen LogP contribution in [0, 0.1) is 5.82 Å². The average Bonchev–Trinajstić information content (AvgIpc) is 3.52. The number of allylic oxidation sites excluding steroid dienone is 1. The summed E-state index contributed by atoms with van der Waals surface area (Å²) < 4.78 is 19.3. The molecule has 0 spiro atoms. The molecule has 2 amide bonds. The summed E-state index contributed by atoms with van der Waals surface area (Å²) in [5.41, 5.74) is 2.90. The van der Waals surface area contributed by atoms with E-state index in [4.69, 9.17) is 4.52 Å². The molecule has 1 aliphatic rings. The van der Waals surface area contributed by atoms with Crippen molar-refractivity contribution < 1.29 is 13.7 Å². The fourth-order valence-electron chi connectivity index (χ4n) is 3.98. The Bertz CT molecular complexity index is 1300. The van der Waals surface area contributed by atoms with Crippen LogP contribution >= 0.6 is 11.3 Å². The van der Waals surface area contributed by atoms with Crippen LogP contribution < -0.4 is 5.32 Å². The van der Waals surface area contributed by atoms with Gasteiger partial charge in [0.1, 0.15) is 5.82 Å². The van der Waals surface area contributed by atoms with Crippen molar-refractivity contribution in [3.8, 4) is 11.4 Å². The molecule has 8 heteroatoms. The van der Waals surface area contributed by atoms with E-state index in [0.29, 0.717) is 23.8 Å². The quantitative estimate of drug-likeness (QED) is 0.402. The van der Waals surface area contributed by atoms with Crippen LogP contribution in [0.15, 0.2) is 82.3 Å². The van der Waals surface area contributed by atoms with Gasteiger partial charge in [0.2, 0.25) is 5.82 Å². The Morgan fingerprint density at radius 3 is 2.73 bits per heavy atom. The topological polar surface area (TPSA) is 71.3 Å².